The number of fused-ring (bicyclic) bond motifs is 3. The minimum absolute atomic E-state index is 0.0930. The van der Waals surface area contributed by atoms with E-state index < -0.39 is 6.04 Å². The molecule has 1 atom stereocenters. The van der Waals surface area contributed by atoms with Crippen molar-refractivity contribution in [2.45, 2.75) is 32.4 Å². The summed E-state index contributed by atoms with van der Waals surface area (Å²) in [7, 11) is 4.64. The van der Waals surface area contributed by atoms with Gasteiger partial charge < -0.3 is 30.2 Å². The molecule has 4 rings (SSSR count). The highest BCUT2D eigenvalue weighted by Gasteiger charge is 2.29. The summed E-state index contributed by atoms with van der Waals surface area (Å²) < 4.78 is 17.0. The number of ether oxygens (including phenoxy) is 3. The Kier molecular flexibility index (Phi) is 8.65. The van der Waals surface area contributed by atoms with Crippen LogP contribution in [0.4, 0.5) is 5.69 Å². The van der Waals surface area contributed by atoms with Crippen LogP contribution >= 0.6 is 0 Å². The Balaban J connectivity index is 1.73. The van der Waals surface area contributed by atoms with Crippen LogP contribution in [-0.2, 0) is 22.6 Å². The number of anilines is 1. The first-order valence-electron chi connectivity index (χ1n) is 12.5. The summed E-state index contributed by atoms with van der Waals surface area (Å²) in [5, 5.41) is 8.74. The lowest BCUT2D eigenvalue weighted by molar-refractivity contribution is -0.120. The highest BCUT2D eigenvalue weighted by molar-refractivity contribution is 5.84. The van der Waals surface area contributed by atoms with Crippen molar-refractivity contribution in [1.29, 1.82) is 0 Å². The molecule has 0 spiro atoms. The van der Waals surface area contributed by atoms with Crippen molar-refractivity contribution < 1.29 is 23.8 Å². The summed E-state index contributed by atoms with van der Waals surface area (Å²) in [4.78, 5) is 41.9. The molecule has 1 aliphatic rings. The van der Waals surface area contributed by atoms with Gasteiger partial charge in [-0.1, -0.05) is 12.1 Å². The molecule has 204 valence electrons. The monoisotopic (exact) mass is 532 g/mol. The van der Waals surface area contributed by atoms with Gasteiger partial charge in [0.1, 0.15) is 0 Å². The summed E-state index contributed by atoms with van der Waals surface area (Å²) in [6.45, 7) is 1.68. The van der Waals surface area contributed by atoms with Crippen molar-refractivity contribution in [2.75, 3.05) is 33.2 Å². The largest absolute Gasteiger partial charge is 0.493 e. The highest BCUT2D eigenvalue weighted by Crippen LogP contribution is 2.50. The number of benzene rings is 1. The van der Waals surface area contributed by atoms with Gasteiger partial charge >= 0.3 is 0 Å². The molecule has 2 aromatic carbocycles. The van der Waals surface area contributed by atoms with Crippen LogP contribution in [0.2, 0.25) is 0 Å². The molecule has 10 heteroatoms. The predicted molar refractivity (Wildman–Crippen MR) is 147 cm³/mol. The molecule has 0 aliphatic heterocycles. The number of aromatic nitrogens is 1. The van der Waals surface area contributed by atoms with E-state index in [1.807, 2.05) is 12.1 Å². The number of hydrogen-bond donors (Lipinski definition) is 3. The van der Waals surface area contributed by atoms with E-state index in [4.69, 9.17) is 14.2 Å². The zero-order chi connectivity index (χ0) is 27.9. The minimum atomic E-state index is -0.415. The maximum atomic E-state index is 13.3. The number of amides is 2. The van der Waals surface area contributed by atoms with Crippen LogP contribution in [0.15, 0.2) is 53.6 Å². The minimum Gasteiger partial charge on any atom is -0.493 e. The SMILES string of the molecule is COc1cc2c(c(OC)c1OC)-c1ccc(NCC(=O)NCc3cccnc3)c(=O)cc1[C@H](NC(C)=O)CC2. The van der Waals surface area contributed by atoms with E-state index in [1.54, 1.807) is 44.8 Å². The Morgan fingerprint density at radius 2 is 1.85 bits per heavy atom. The molecule has 1 aliphatic carbocycles. The summed E-state index contributed by atoms with van der Waals surface area (Å²) in [6, 6.07) is 10.1. The Morgan fingerprint density at radius 1 is 1.05 bits per heavy atom. The van der Waals surface area contributed by atoms with Crippen molar-refractivity contribution in [3.63, 3.8) is 0 Å². The van der Waals surface area contributed by atoms with Gasteiger partial charge in [-0.3, -0.25) is 19.4 Å². The Bertz CT molecular complexity index is 1430. The van der Waals surface area contributed by atoms with Crippen molar-refractivity contribution in [3.05, 3.63) is 75.7 Å². The van der Waals surface area contributed by atoms with E-state index in [1.165, 1.54) is 20.1 Å². The zero-order valence-corrected chi connectivity index (χ0v) is 22.4. The molecule has 10 nitrogen and oxygen atoms in total. The fourth-order valence-corrected chi connectivity index (χ4v) is 4.80. The molecule has 0 bridgehead atoms. The first-order valence-corrected chi connectivity index (χ1v) is 12.5. The topological polar surface area (TPSA) is 128 Å². The first-order chi connectivity index (χ1) is 18.9. The summed E-state index contributed by atoms with van der Waals surface area (Å²) in [6.07, 6.45) is 4.50. The van der Waals surface area contributed by atoms with Crippen LogP contribution in [-0.4, -0.2) is 44.7 Å². The van der Waals surface area contributed by atoms with Crippen LogP contribution < -0.4 is 35.6 Å². The predicted octanol–water partition coefficient (Wildman–Crippen LogP) is 2.99. The third-order valence-electron chi connectivity index (χ3n) is 6.57. The van der Waals surface area contributed by atoms with Gasteiger partial charge in [0, 0.05) is 31.4 Å². The molecule has 39 heavy (non-hydrogen) atoms. The molecular weight excluding hydrogens is 500 g/mol. The standard InChI is InChI=1S/C29H32N4O6/c1-17(34)33-22-9-7-19-12-25(37-2)28(38-3)29(39-4)27(19)20-8-10-23(24(35)13-21(20)22)31-16-26(36)32-15-18-6-5-11-30-14-18/h5-6,8,10-14,22H,7,9,15-16H2,1-4H3,(H,31,35)(H,32,36)(H,33,34)/t22-/m1/s1. The van der Waals surface area contributed by atoms with E-state index in [0.717, 1.165) is 16.7 Å². The molecule has 0 unspecified atom stereocenters. The van der Waals surface area contributed by atoms with E-state index in [-0.39, 0.29) is 29.5 Å². The summed E-state index contributed by atoms with van der Waals surface area (Å²) in [5.41, 5.74) is 3.86. The number of nitrogens with zero attached hydrogens (tertiary/aromatic N) is 1. The molecular formula is C29H32N4O6. The average molecular weight is 533 g/mol. The van der Waals surface area contributed by atoms with Gasteiger partial charge in [-0.15, -0.1) is 0 Å². The molecule has 1 heterocycles. The molecule has 0 saturated heterocycles. The van der Waals surface area contributed by atoms with Crippen LogP contribution in [0, 0.1) is 0 Å². The second-order valence-corrected chi connectivity index (χ2v) is 9.09. The molecule has 0 saturated carbocycles. The lowest BCUT2D eigenvalue weighted by atomic mass is 9.95. The maximum Gasteiger partial charge on any atom is 0.239 e. The Hall–Kier alpha value is -4.60. The quantitative estimate of drug-likeness (QED) is 0.384. The zero-order valence-electron chi connectivity index (χ0n) is 22.4. The van der Waals surface area contributed by atoms with E-state index in [9.17, 15) is 14.4 Å². The third kappa shape index (κ3) is 6.11. The van der Waals surface area contributed by atoms with Gasteiger partial charge in [0.15, 0.2) is 11.5 Å². The Labute approximate surface area is 226 Å². The van der Waals surface area contributed by atoms with Crippen LogP contribution in [0.1, 0.15) is 36.1 Å². The number of rotatable bonds is 9. The van der Waals surface area contributed by atoms with Crippen LogP contribution in [0.3, 0.4) is 0 Å². The van der Waals surface area contributed by atoms with Crippen molar-refractivity contribution in [3.8, 4) is 28.4 Å². The van der Waals surface area contributed by atoms with Gasteiger partial charge in [-0.05, 0) is 59.4 Å². The summed E-state index contributed by atoms with van der Waals surface area (Å²) in [5.74, 6) is 0.949. The smallest absolute Gasteiger partial charge is 0.239 e. The number of methoxy groups -OCH3 is 3. The number of aryl methyl sites for hydroxylation is 1. The number of nitrogens with one attached hydrogen (secondary N) is 3. The van der Waals surface area contributed by atoms with Crippen LogP contribution in [0.5, 0.6) is 17.2 Å². The number of hydrogen-bond acceptors (Lipinski definition) is 8. The van der Waals surface area contributed by atoms with Gasteiger partial charge in [0.05, 0.1) is 39.6 Å². The average Bonchev–Trinajstić information content (AvgIpc) is 3.18. The molecule has 3 aromatic rings. The van der Waals surface area contributed by atoms with Crippen molar-refractivity contribution in [1.82, 2.24) is 15.6 Å². The fraction of sp³-hybridized carbons (Fsp3) is 0.310. The highest BCUT2D eigenvalue weighted by atomic mass is 16.5. The van der Waals surface area contributed by atoms with Gasteiger partial charge in [0.25, 0.3) is 0 Å². The van der Waals surface area contributed by atoms with Gasteiger partial charge in [0.2, 0.25) is 23.0 Å². The number of carbonyl (C=O) groups excluding carboxylic acids is 2. The Morgan fingerprint density at radius 3 is 2.51 bits per heavy atom. The first kappa shape index (κ1) is 27.4. The van der Waals surface area contributed by atoms with E-state index in [0.29, 0.717) is 47.8 Å². The van der Waals surface area contributed by atoms with Gasteiger partial charge in [-0.25, -0.2) is 0 Å². The second-order valence-electron chi connectivity index (χ2n) is 9.09. The van der Waals surface area contributed by atoms with Crippen LogP contribution in [0.25, 0.3) is 11.1 Å². The third-order valence-corrected chi connectivity index (χ3v) is 6.57. The number of carbonyl (C=O) groups is 2. The fourth-order valence-electron chi connectivity index (χ4n) is 4.80. The molecule has 3 N–H and O–H groups in total. The normalized spacial score (nSPS) is 13.7. The lowest BCUT2D eigenvalue weighted by Gasteiger charge is -2.19. The number of pyridine rings is 1. The summed E-state index contributed by atoms with van der Waals surface area (Å²) >= 11 is 0. The maximum absolute atomic E-state index is 13.3. The van der Waals surface area contributed by atoms with Crippen molar-refractivity contribution >= 4 is 17.5 Å². The molecule has 2 amide bonds. The molecule has 0 fully saturated rings. The molecule has 1 aromatic heterocycles. The van der Waals surface area contributed by atoms with Gasteiger partial charge in [-0.2, -0.15) is 0 Å². The van der Waals surface area contributed by atoms with Crippen molar-refractivity contribution in [2.24, 2.45) is 0 Å². The second kappa shape index (κ2) is 12.3. The van der Waals surface area contributed by atoms with E-state index >= 15 is 0 Å². The van der Waals surface area contributed by atoms with E-state index in [2.05, 4.69) is 20.9 Å². The molecule has 0 radical (unpaired) electrons. The lowest BCUT2D eigenvalue weighted by Crippen LogP contribution is -2.30.